The summed E-state index contributed by atoms with van der Waals surface area (Å²) in [5.41, 5.74) is 7.05. The first-order chi connectivity index (χ1) is 23.0. The average Bonchev–Trinajstić information content (AvgIpc) is 3.58. The number of aliphatic hydroxyl groups is 2. The van der Waals surface area contributed by atoms with Gasteiger partial charge in [0.05, 0.1) is 25.4 Å². The Morgan fingerprint density at radius 2 is 1.49 bits per heavy atom. The normalized spacial score (nSPS) is 23.0. The molecule has 4 aromatic rings. The van der Waals surface area contributed by atoms with Crippen LogP contribution < -0.4 is 10.6 Å². The van der Waals surface area contributed by atoms with Crippen molar-refractivity contribution < 1.29 is 24.5 Å². The molecule has 0 bridgehead atoms. The van der Waals surface area contributed by atoms with Gasteiger partial charge in [0, 0.05) is 37.2 Å². The highest BCUT2D eigenvalue weighted by molar-refractivity contribution is 5.74. The summed E-state index contributed by atoms with van der Waals surface area (Å²) < 4.78 is 13.3. The summed E-state index contributed by atoms with van der Waals surface area (Å²) in [5, 5.41) is 25.4. The monoisotopic (exact) mass is 635 g/mol. The van der Waals surface area contributed by atoms with E-state index in [-0.39, 0.29) is 43.4 Å². The Kier molecular flexibility index (Phi) is 11.0. The molecule has 2 amide bonds. The molecule has 0 unspecified atom stereocenters. The van der Waals surface area contributed by atoms with Crippen molar-refractivity contribution in [2.45, 2.75) is 64.0 Å². The van der Waals surface area contributed by atoms with E-state index in [0.717, 1.165) is 64.9 Å². The first-order valence-corrected chi connectivity index (χ1v) is 16.6. The van der Waals surface area contributed by atoms with E-state index < -0.39 is 6.29 Å². The molecule has 6 rings (SSSR count). The fraction of sp³-hybridized carbons (Fsp3) is 0.359. The third-order valence-corrected chi connectivity index (χ3v) is 9.44. The van der Waals surface area contributed by atoms with Crippen LogP contribution in [0, 0.1) is 5.92 Å². The maximum atomic E-state index is 12.4. The first-order valence-electron chi connectivity index (χ1n) is 16.6. The molecule has 47 heavy (non-hydrogen) atoms. The zero-order valence-electron chi connectivity index (χ0n) is 26.9. The quantitative estimate of drug-likeness (QED) is 0.159. The van der Waals surface area contributed by atoms with E-state index in [9.17, 15) is 15.0 Å². The number of nitrogens with one attached hydrogen (secondary N) is 2. The van der Waals surface area contributed by atoms with Crippen molar-refractivity contribution in [3.8, 4) is 11.1 Å². The number of nitrogens with zero attached hydrogens (tertiary/aromatic N) is 1. The van der Waals surface area contributed by atoms with Gasteiger partial charge in [-0.05, 0) is 58.8 Å². The smallest absolute Gasteiger partial charge is 0.315 e. The van der Waals surface area contributed by atoms with Crippen LogP contribution in [0.5, 0.6) is 0 Å². The van der Waals surface area contributed by atoms with E-state index in [2.05, 4.69) is 58.9 Å². The summed E-state index contributed by atoms with van der Waals surface area (Å²) in [6.07, 6.45) is 1.27. The second-order valence-corrected chi connectivity index (χ2v) is 12.6. The lowest BCUT2D eigenvalue weighted by Crippen LogP contribution is -2.46. The Hall–Kier alpha value is -4.05. The number of benzene rings is 4. The molecule has 0 spiro atoms. The van der Waals surface area contributed by atoms with Gasteiger partial charge in [-0.2, -0.15) is 0 Å². The molecule has 5 atom stereocenters. The van der Waals surface area contributed by atoms with Crippen molar-refractivity contribution >= 4 is 6.03 Å². The minimum atomic E-state index is -0.548. The van der Waals surface area contributed by atoms with Gasteiger partial charge in [-0.15, -0.1) is 0 Å². The SMILES string of the molecule is C[C@@H]1[C@H](CN2CCC[C@H]2CO)O[C@H](c2ccc(-c3cccc(CNC(=O)NCc4ccccc4)c3)cc2)O[C@@H]1c1ccc(CO)cc1. The Labute approximate surface area is 277 Å². The molecule has 2 aliphatic rings. The summed E-state index contributed by atoms with van der Waals surface area (Å²) in [4.78, 5) is 14.7. The number of urea groups is 1. The molecule has 0 aromatic heterocycles. The molecule has 2 aliphatic heterocycles. The average molecular weight is 636 g/mol. The summed E-state index contributed by atoms with van der Waals surface area (Å²) in [6, 6.07) is 34.2. The minimum Gasteiger partial charge on any atom is -0.395 e. The van der Waals surface area contributed by atoms with Gasteiger partial charge in [0.25, 0.3) is 0 Å². The Bertz CT molecular complexity index is 1580. The molecule has 8 nitrogen and oxygen atoms in total. The zero-order valence-corrected chi connectivity index (χ0v) is 26.9. The highest BCUT2D eigenvalue weighted by Gasteiger charge is 2.40. The summed E-state index contributed by atoms with van der Waals surface area (Å²) in [7, 11) is 0. The van der Waals surface area contributed by atoms with Crippen molar-refractivity contribution in [1.82, 2.24) is 15.5 Å². The number of ether oxygens (including phenoxy) is 2. The van der Waals surface area contributed by atoms with Gasteiger partial charge in [-0.25, -0.2) is 4.79 Å². The number of carbonyl (C=O) groups excluding carboxylic acids is 1. The number of rotatable bonds is 11. The molecule has 0 radical (unpaired) electrons. The van der Waals surface area contributed by atoms with Gasteiger partial charge in [0.1, 0.15) is 0 Å². The fourth-order valence-corrected chi connectivity index (χ4v) is 6.62. The van der Waals surface area contributed by atoms with Crippen molar-refractivity contribution in [3.05, 3.63) is 131 Å². The largest absolute Gasteiger partial charge is 0.395 e. The second-order valence-electron chi connectivity index (χ2n) is 12.6. The zero-order chi connectivity index (χ0) is 32.6. The molecule has 2 saturated heterocycles. The molecule has 0 aliphatic carbocycles. The number of hydrogen-bond donors (Lipinski definition) is 4. The summed E-state index contributed by atoms with van der Waals surface area (Å²) in [6.45, 7) is 4.93. The van der Waals surface area contributed by atoms with Gasteiger partial charge < -0.3 is 30.3 Å². The predicted octanol–water partition coefficient (Wildman–Crippen LogP) is 6.09. The molecule has 8 heteroatoms. The molecule has 4 aromatic carbocycles. The van der Waals surface area contributed by atoms with Crippen LogP contribution in [0.2, 0.25) is 0 Å². The predicted molar refractivity (Wildman–Crippen MR) is 182 cm³/mol. The van der Waals surface area contributed by atoms with Crippen LogP contribution in [0.1, 0.15) is 60.0 Å². The van der Waals surface area contributed by atoms with Gasteiger partial charge >= 0.3 is 6.03 Å². The van der Waals surface area contributed by atoms with Crippen LogP contribution in [-0.2, 0) is 29.2 Å². The first kappa shape index (κ1) is 32.9. The molecule has 2 heterocycles. The van der Waals surface area contributed by atoms with Crippen LogP contribution in [0.25, 0.3) is 11.1 Å². The highest BCUT2D eigenvalue weighted by Crippen LogP contribution is 2.42. The Morgan fingerprint density at radius 1 is 0.787 bits per heavy atom. The van der Waals surface area contributed by atoms with Crippen molar-refractivity contribution in [1.29, 1.82) is 0 Å². The molecule has 0 saturated carbocycles. The Morgan fingerprint density at radius 3 is 2.21 bits per heavy atom. The summed E-state index contributed by atoms with van der Waals surface area (Å²) >= 11 is 0. The maximum absolute atomic E-state index is 12.4. The van der Waals surface area contributed by atoms with Crippen LogP contribution in [0.4, 0.5) is 4.79 Å². The van der Waals surface area contributed by atoms with E-state index in [1.807, 2.05) is 66.7 Å². The van der Waals surface area contributed by atoms with E-state index in [0.29, 0.717) is 13.1 Å². The molecule has 2 fully saturated rings. The Balaban J connectivity index is 1.14. The van der Waals surface area contributed by atoms with Gasteiger partial charge in [-0.1, -0.05) is 104 Å². The van der Waals surface area contributed by atoms with Crippen molar-refractivity contribution in [2.24, 2.45) is 5.92 Å². The van der Waals surface area contributed by atoms with Crippen LogP contribution in [-0.4, -0.2) is 53.0 Å². The van der Waals surface area contributed by atoms with E-state index >= 15 is 0 Å². The van der Waals surface area contributed by atoms with Gasteiger partial charge in [0.15, 0.2) is 6.29 Å². The number of hydrogen-bond acceptors (Lipinski definition) is 6. The van der Waals surface area contributed by atoms with E-state index in [1.54, 1.807) is 0 Å². The van der Waals surface area contributed by atoms with Crippen LogP contribution >= 0.6 is 0 Å². The third-order valence-electron chi connectivity index (χ3n) is 9.44. The lowest BCUT2D eigenvalue weighted by molar-refractivity contribution is -0.276. The van der Waals surface area contributed by atoms with Gasteiger partial charge in [0.2, 0.25) is 0 Å². The number of likely N-dealkylation sites (tertiary alicyclic amines) is 1. The third kappa shape index (κ3) is 8.27. The van der Waals surface area contributed by atoms with Gasteiger partial charge in [-0.3, -0.25) is 4.90 Å². The number of aliphatic hydroxyl groups excluding tert-OH is 2. The lowest BCUT2D eigenvalue weighted by Gasteiger charge is -2.43. The molecular formula is C39H45N3O5. The second kappa shape index (κ2) is 15.7. The molecule has 246 valence electrons. The lowest BCUT2D eigenvalue weighted by atomic mass is 9.89. The maximum Gasteiger partial charge on any atom is 0.315 e. The van der Waals surface area contributed by atoms with Crippen LogP contribution in [0.15, 0.2) is 103 Å². The van der Waals surface area contributed by atoms with Crippen molar-refractivity contribution in [3.63, 3.8) is 0 Å². The molecular weight excluding hydrogens is 590 g/mol. The number of amides is 2. The van der Waals surface area contributed by atoms with Crippen LogP contribution in [0.3, 0.4) is 0 Å². The number of carbonyl (C=O) groups is 1. The van der Waals surface area contributed by atoms with Crippen molar-refractivity contribution in [2.75, 3.05) is 19.7 Å². The molecule has 4 N–H and O–H groups in total. The van der Waals surface area contributed by atoms with E-state index in [1.165, 1.54) is 0 Å². The fourth-order valence-electron chi connectivity index (χ4n) is 6.62. The standard InChI is InChI=1S/C39H45N3O5/c1-27-36(24-42-20-6-11-35(42)26-44)46-38(47-37(27)32-14-12-29(25-43)13-15-32)33-18-16-31(17-19-33)34-10-5-9-30(21-34)23-41-39(45)40-22-28-7-3-2-4-8-28/h2-5,7-10,12-19,21,27,35-38,43-44H,6,11,20,22-26H2,1H3,(H2,40,41,45)/t27-,35+,36+,37+,38+/m1/s1. The minimum absolute atomic E-state index is 0.00306. The summed E-state index contributed by atoms with van der Waals surface area (Å²) in [5.74, 6) is 0.0854. The topological polar surface area (TPSA) is 103 Å². The highest BCUT2D eigenvalue weighted by atomic mass is 16.7. The van der Waals surface area contributed by atoms with E-state index in [4.69, 9.17) is 9.47 Å².